The zero-order chi connectivity index (χ0) is 16.9. The van der Waals surface area contributed by atoms with E-state index in [2.05, 4.69) is 25.4 Å². The minimum atomic E-state index is 0.261. The third-order valence-corrected chi connectivity index (χ3v) is 4.27. The maximum Gasteiger partial charge on any atom is 0.243 e. The smallest absolute Gasteiger partial charge is 0.243 e. The minimum absolute atomic E-state index is 0.261. The average molecular weight is 343 g/mol. The fourth-order valence-electron chi connectivity index (χ4n) is 2.90. The van der Waals surface area contributed by atoms with Crippen LogP contribution in [0.15, 0.2) is 24.4 Å². The van der Waals surface area contributed by atoms with Crippen LogP contribution < -0.4 is 14.8 Å². The van der Waals surface area contributed by atoms with E-state index in [1.165, 1.54) is 0 Å². The summed E-state index contributed by atoms with van der Waals surface area (Å²) in [6, 6.07) is 5.74. The molecule has 1 saturated heterocycles. The van der Waals surface area contributed by atoms with E-state index < -0.39 is 0 Å². The number of ether oxygens (including phenoxy) is 3. The summed E-state index contributed by atoms with van der Waals surface area (Å²) in [6.07, 6.45) is 2.67. The van der Waals surface area contributed by atoms with E-state index in [-0.39, 0.29) is 6.79 Å². The van der Waals surface area contributed by atoms with Crippen molar-refractivity contribution >= 4 is 5.95 Å². The number of nitrogens with one attached hydrogen (secondary N) is 1. The second-order valence-electron chi connectivity index (χ2n) is 5.97. The van der Waals surface area contributed by atoms with Gasteiger partial charge in [0.05, 0.1) is 25.1 Å². The van der Waals surface area contributed by atoms with Crippen LogP contribution in [0.3, 0.4) is 0 Å². The van der Waals surface area contributed by atoms with Crippen molar-refractivity contribution in [3.63, 3.8) is 0 Å². The van der Waals surface area contributed by atoms with Crippen molar-refractivity contribution in [1.82, 2.24) is 20.1 Å². The van der Waals surface area contributed by atoms with Gasteiger partial charge in [0.2, 0.25) is 12.7 Å². The molecule has 8 heteroatoms. The summed E-state index contributed by atoms with van der Waals surface area (Å²) in [5, 5.41) is 11.4. The van der Waals surface area contributed by atoms with Crippen LogP contribution in [0.25, 0.3) is 11.3 Å². The van der Waals surface area contributed by atoms with Gasteiger partial charge in [0.15, 0.2) is 11.5 Å². The van der Waals surface area contributed by atoms with Crippen molar-refractivity contribution in [2.75, 3.05) is 51.5 Å². The first-order chi connectivity index (χ1) is 12.4. The van der Waals surface area contributed by atoms with E-state index in [9.17, 15) is 0 Å². The zero-order valence-electron chi connectivity index (χ0n) is 14.0. The van der Waals surface area contributed by atoms with E-state index >= 15 is 0 Å². The number of aromatic nitrogens is 3. The molecule has 8 nitrogen and oxygen atoms in total. The van der Waals surface area contributed by atoms with Gasteiger partial charge in [-0.2, -0.15) is 5.10 Å². The Bertz CT molecular complexity index is 721. The lowest BCUT2D eigenvalue weighted by Crippen LogP contribution is -2.37. The van der Waals surface area contributed by atoms with Crippen LogP contribution in [0.1, 0.15) is 6.42 Å². The number of nitrogens with zero attached hydrogens (tertiary/aromatic N) is 4. The number of rotatable bonds is 6. The molecule has 1 N–H and O–H groups in total. The Morgan fingerprint density at radius 1 is 1.12 bits per heavy atom. The molecular formula is C17H21N5O3. The summed E-state index contributed by atoms with van der Waals surface area (Å²) in [4.78, 5) is 6.95. The maximum absolute atomic E-state index is 5.41. The average Bonchev–Trinajstić information content (AvgIpc) is 3.14. The maximum atomic E-state index is 5.41. The highest BCUT2D eigenvalue weighted by Crippen LogP contribution is 2.35. The second-order valence-corrected chi connectivity index (χ2v) is 5.97. The van der Waals surface area contributed by atoms with Gasteiger partial charge in [-0.3, -0.25) is 4.90 Å². The molecule has 0 spiro atoms. The molecule has 0 aliphatic carbocycles. The number of hydrogen-bond donors (Lipinski definition) is 1. The predicted octanol–water partition coefficient (Wildman–Crippen LogP) is 1.40. The van der Waals surface area contributed by atoms with E-state index in [1.54, 1.807) is 6.20 Å². The molecule has 1 fully saturated rings. The number of morpholine rings is 1. The van der Waals surface area contributed by atoms with Gasteiger partial charge in [-0.05, 0) is 31.2 Å². The molecule has 0 radical (unpaired) electrons. The van der Waals surface area contributed by atoms with Gasteiger partial charge in [0.1, 0.15) is 0 Å². The standard InChI is InChI=1S/C17H21N5O3/c1(5-22-6-8-23-9-7-22)4-18-17-20-14(11-19-21-17)13-2-3-15-16(10-13)25-12-24-15/h2-3,10-11H,1,4-9,12H2,(H,18,20,21). The predicted molar refractivity (Wildman–Crippen MR) is 91.8 cm³/mol. The Hall–Kier alpha value is -2.45. The lowest BCUT2D eigenvalue weighted by Gasteiger charge is -2.26. The molecule has 0 saturated carbocycles. The molecule has 132 valence electrons. The quantitative estimate of drug-likeness (QED) is 0.788. The minimum Gasteiger partial charge on any atom is -0.454 e. The highest BCUT2D eigenvalue weighted by molar-refractivity contribution is 5.64. The van der Waals surface area contributed by atoms with Crippen molar-refractivity contribution < 1.29 is 14.2 Å². The summed E-state index contributed by atoms with van der Waals surface area (Å²) in [7, 11) is 0. The molecule has 0 bridgehead atoms. The molecule has 3 heterocycles. The van der Waals surface area contributed by atoms with E-state index in [0.29, 0.717) is 5.95 Å². The Labute approximate surface area is 146 Å². The Morgan fingerprint density at radius 2 is 2.00 bits per heavy atom. The monoisotopic (exact) mass is 343 g/mol. The second kappa shape index (κ2) is 7.62. The zero-order valence-corrected chi connectivity index (χ0v) is 14.0. The van der Waals surface area contributed by atoms with Crippen LogP contribution in [0, 0.1) is 0 Å². The molecule has 0 atom stereocenters. The van der Waals surface area contributed by atoms with Crippen molar-refractivity contribution in [2.45, 2.75) is 6.42 Å². The summed E-state index contributed by atoms with van der Waals surface area (Å²) in [5.74, 6) is 2.03. The van der Waals surface area contributed by atoms with E-state index in [1.807, 2.05) is 18.2 Å². The third-order valence-electron chi connectivity index (χ3n) is 4.27. The largest absolute Gasteiger partial charge is 0.454 e. The fourth-order valence-corrected chi connectivity index (χ4v) is 2.90. The van der Waals surface area contributed by atoms with Crippen LogP contribution in [0.2, 0.25) is 0 Å². The normalized spacial score (nSPS) is 16.8. The molecule has 1 aromatic heterocycles. The molecule has 0 unspecified atom stereocenters. The molecule has 25 heavy (non-hydrogen) atoms. The summed E-state index contributed by atoms with van der Waals surface area (Å²) in [6.45, 7) is 5.80. The summed E-state index contributed by atoms with van der Waals surface area (Å²) in [5.41, 5.74) is 1.68. The number of anilines is 1. The van der Waals surface area contributed by atoms with Crippen LogP contribution in [0.5, 0.6) is 11.5 Å². The van der Waals surface area contributed by atoms with Crippen molar-refractivity contribution in [1.29, 1.82) is 0 Å². The van der Waals surface area contributed by atoms with Crippen LogP contribution in [-0.2, 0) is 4.74 Å². The Balaban J connectivity index is 1.33. The Kier molecular flexibility index (Phi) is 4.89. The molecule has 2 aliphatic heterocycles. The van der Waals surface area contributed by atoms with Gasteiger partial charge < -0.3 is 19.5 Å². The Morgan fingerprint density at radius 3 is 2.92 bits per heavy atom. The fraction of sp³-hybridized carbons (Fsp3) is 0.471. The summed E-state index contributed by atoms with van der Waals surface area (Å²) >= 11 is 0. The molecule has 2 aliphatic rings. The van der Waals surface area contributed by atoms with Crippen LogP contribution >= 0.6 is 0 Å². The number of fused-ring (bicyclic) bond motifs is 1. The van der Waals surface area contributed by atoms with Gasteiger partial charge in [-0.1, -0.05) is 0 Å². The molecule has 2 aromatic rings. The SMILES string of the molecule is c1cc2c(cc1-c1cnnc(NCCCN3CCOCC3)n1)OCO2. The van der Waals surface area contributed by atoms with Gasteiger partial charge >= 0.3 is 0 Å². The van der Waals surface area contributed by atoms with Gasteiger partial charge in [0.25, 0.3) is 0 Å². The van der Waals surface area contributed by atoms with Gasteiger partial charge in [-0.25, -0.2) is 4.98 Å². The lowest BCUT2D eigenvalue weighted by molar-refractivity contribution is 0.0378. The van der Waals surface area contributed by atoms with Gasteiger partial charge in [0, 0.05) is 25.2 Å². The highest BCUT2D eigenvalue weighted by atomic mass is 16.7. The van der Waals surface area contributed by atoms with Crippen molar-refractivity contribution in [3.05, 3.63) is 24.4 Å². The number of benzene rings is 1. The third kappa shape index (κ3) is 3.97. The van der Waals surface area contributed by atoms with Crippen molar-refractivity contribution in [2.24, 2.45) is 0 Å². The molecule has 4 rings (SSSR count). The first-order valence-electron chi connectivity index (χ1n) is 8.52. The molecular weight excluding hydrogens is 322 g/mol. The lowest BCUT2D eigenvalue weighted by atomic mass is 10.1. The first-order valence-corrected chi connectivity index (χ1v) is 8.52. The topological polar surface area (TPSA) is 81.6 Å². The molecule has 0 amide bonds. The van der Waals surface area contributed by atoms with Gasteiger partial charge in [-0.15, -0.1) is 5.10 Å². The van der Waals surface area contributed by atoms with Crippen LogP contribution in [0.4, 0.5) is 5.95 Å². The summed E-state index contributed by atoms with van der Waals surface area (Å²) < 4.78 is 16.1. The van der Waals surface area contributed by atoms with E-state index in [0.717, 1.165) is 68.6 Å². The molecule has 1 aromatic carbocycles. The highest BCUT2D eigenvalue weighted by Gasteiger charge is 2.15. The van der Waals surface area contributed by atoms with Crippen LogP contribution in [-0.4, -0.2) is 66.3 Å². The number of hydrogen-bond acceptors (Lipinski definition) is 8. The van der Waals surface area contributed by atoms with Crippen molar-refractivity contribution in [3.8, 4) is 22.8 Å². The first kappa shape index (κ1) is 16.0. The van der Waals surface area contributed by atoms with E-state index in [4.69, 9.17) is 14.2 Å².